The van der Waals surface area contributed by atoms with Gasteiger partial charge in [-0.1, -0.05) is 11.3 Å². The number of nitrogens with two attached hydrogens (primary N) is 1. The topological polar surface area (TPSA) is 71.2 Å². The fourth-order valence-electron chi connectivity index (χ4n) is 2.49. The van der Waals surface area contributed by atoms with Gasteiger partial charge in [0.25, 0.3) is 0 Å². The number of fused-ring (bicyclic) bond motifs is 1. The van der Waals surface area contributed by atoms with E-state index in [2.05, 4.69) is 15.2 Å². The fraction of sp³-hybridized carbons (Fsp3) is 0.385. The van der Waals surface area contributed by atoms with E-state index in [9.17, 15) is 4.79 Å². The van der Waals surface area contributed by atoms with E-state index in [4.69, 9.17) is 5.73 Å². The van der Waals surface area contributed by atoms with Crippen LogP contribution in [-0.2, 0) is 4.79 Å². The second-order valence-corrected chi connectivity index (χ2v) is 5.70. The SMILES string of the molecule is CNC(=O)C1CCCN1c1nc2ccc(N)cc2s1. The summed E-state index contributed by atoms with van der Waals surface area (Å²) in [6.45, 7) is 0.882. The number of benzene rings is 1. The lowest BCUT2D eigenvalue weighted by atomic mass is 10.2. The van der Waals surface area contributed by atoms with Gasteiger partial charge < -0.3 is 16.0 Å². The average Bonchev–Trinajstić information content (AvgIpc) is 3.02. The van der Waals surface area contributed by atoms with Crippen molar-refractivity contribution in [2.45, 2.75) is 18.9 Å². The van der Waals surface area contributed by atoms with Crippen molar-refractivity contribution < 1.29 is 4.79 Å². The molecule has 0 bridgehead atoms. The van der Waals surface area contributed by atoms with Crippen LogP contribution in [0, 0.1) is 0 Å². The van der Waals surface area contributed by atoms with Crippen molar-refractivity contribution in [2.24, 2.45) is 0 Å². The molecule has 2 aromatic rings. The third-order valence-corrected chi connectivity index (χ3v) is 4.50. The third-order valence-electron chi connectivity index (χ3n) is 3.45. The fourth-order valence-corrected chi connectivity index (χ4v) is 3.58. The number of anilines is 2. The van der Waals surface area contributed by atoms with E-state index in [1.54, 1.807) is 18.4 Å². The summed E-state index contributed by atoms with van der Waals surface area (Å²) in [5, 5.41) is 3.63. The Bertz CT molecular complexity index is 624. The first kappa shape index (κ1) is 12.2. The van der Waals surface area contributed by atoms with E-state index in [-0.39, 0.29) is 11.9 Å². The van der Waals surface area contributed by atoms with Crippen LogP contribution in [0.25, 0.3) is 10.2 Å². The summed E-state index contributed by atoms with van der Waals surface area (Å²) in [4.78, 5) is 18.6. The second kappa shape index (κ2) is 4.70. The van der Waals surface area contributed by atoms with Gasteiger partial charge in [-0.15, -0.1) is 0 Å². The van der Waals surface area contributed by atoms with Gasteiger partial charge in [0.05, 0.1) is 10.2 Å². The lowest BCUT2D eigenvalue weighted by Gasteiger charge is -2.22. The molecular weight excluding hydrogens is 260 g/mol. The Labute approximate surface area is 115 Å². The number of nitrogens with one attached hydrogen (secondary N) is 1. The van der Waals surface area contributed by atoms with Gasteiger partial charge in [0.15, 0.2) is 5.13 Å². The first-order chi connectivity index (χ1) is 9.19. The molecule has 1 aliphatic heterocycles. The molecule has 0 radical (unpaired) electrons. The maximum Gasteiger partial charge on any atom is 0.242 e. The van der Waals surface area contributed by atoms with Crippen molar-refractivity contribution in [1.29, 1.82) is 0 Å². The molecule has 1 saturated heterocycles. The predicted molar refractivity (Wildman–Crippen MR) is 78.5 cm³/mol. The van der Waals surface area contributed by atoms with E-state index in [0.717, 1.165) is 40.4 Å². The molecule has 1 unspecified atom stereocenters. The molecule has 19 heavy (non-hydrogen) atoms. The van der Waals surface area contributed by atoms with E-state index in [0.29, 0.717) is 0 Å². The quantitative estimate of drug-likeness (QED) is 0.817. The standard InChI is InChI=1S/C13H16N4OS/c1-15-12(18)10-3-2-6-17(10)13-16-9-5-4-8(14)7-11(9)19-13/h4-5,7,10H,2-3,6,14H2,1H3,(H,15,18). The average molecular weight is 276 g/mol. The maximum atomic E-state index is 11.9. The van der Waals surface area contributed by atoms with Crippen LogP contribution in [0.3, 0.4) is 0 Å². The highest BCUT2D eigenvalue weighted by molar-refractivity contribution is 7.22. The van der Waals surface area contributed by atoms with Gasteiger partial charge in [0, 0.05) is 19.3 Å². The van der Waals surface area contributed by atoms with E-state index < -0.39 is 0 Å². The number of thiazole rings is 1. The Morgan fingerprint density at radius 3 is 3.21 bits per heavy atom. The van der Waals surface area contributed by atoms with Crippen LogP contribution in [0.1, 0.15) is 12.8 Å². The minimum atomic E-state index is -0.0945. The number of hydrogen-bond acceptors (Lipinski definition) is 5. The lowest BCUT2D eigenvalue weighted by molar-refractivity contribution is -0.121. The van der Waals surface area contributed by atoms with Gasteiger partial charge in [-0.05, 0) is 31.0 Å². The molecule has 0 aliphatic carbocycles. The zero-order valence-electron chi connectivity index (χ0n) is 10.7. The summed E-state index contributed by atoms with van der Waals surface area (Å²) in [6, 6.07) is 5.62. The van der Waals surface area contributed by atoms with Gasteiger partial charge >= 0.3 is 0 Å². The van der Waals surface area contributed by atoms with Crippen molar-refractivity contribution in [1.82, 2.24) is 10.3 Å². The van der Waals surface area contributed by atoms with Gasteiger partial charge in [-0.25, -0.2) is 4.98 Å². The van der Waals surface area contributed by atoms with Crippen LogP contribution in [0.4, 0.5) is 10.8 Å². The highest BCUT2D eigenvalue weighted by atomic mass is 32.1. The molecule has 1 fully saturated rings. The van der Waals surface area contributed by atoms with Crippen molar-refractivity contribution in [3.8, 4) is 0 Å². The molecule has 1 aromatic carbocycles. The summed E-state index contributed by atoms with van der Waals surface area (Å²) in [7, 11) is 1.68. The number of likely N-dealkylation sites (N-methyl/N-ethyl adjacent to an activating group) is 1. The van der Waals surface area contributed by atoms with Crippen LogP contribution in [0.5, 0.6) is 0 Å². The van der Waals surface area contributed by atoms with Crippen molar-refractivity contribution in [2.75, 3.05) is 24.2 Å². The van der Waals surface area contributed by atoms with E-state index in [1.165, 1.54) is 0 Å². The normalized spacial score (nSPS) is 19.0. The second-order valence-electron chi connectivity index (χ2n) is 4.69. The molecule has 0 spiro atoms. The van der Waals surface area contributed by atoms with Crippen LogP contribution in [0.2, 0.25) is 0 Å². The van der Waals surface area contributed by atoms with E-state index >= 15 is 0 Å². The van der Waals surface area contributed by atoms with Gasteiger partial charge in [0.1, 0.15) is 6.04 Å². The van der Waals surface area contributed by atoms with Crippen molar-refractivity contribution in [3.63, 3.8) is 0 Å². The molecule has 1 amide bonds. The molecule has 1 aromatic heterocycles. The molecular formula is C13H16N4OS. The Kier molecular flexibility index (Phi) is 3.02. The largest absolute Gasteiger partial charge is 0.399 e. The molecule has 2 heterocycles. The molecule has 6 heteroatoms. The summed E-state index contributed by atoms with van der Waals surface area (Å²) in [5.41, 5.74) is 7.47. The Hall–Kier alpha value is -1.82. The van der Waals surface area contributed by atoms with Crippen molar-refractivity contribution in [3.05, 3.63) is 18.2 Å². The molecule has 100 valence electrons. The van der Waals surface area contributed by atoms with Gasteiger partial charge in [-0.3, -0.25) is 4.79 Å². The number of aromatic nitrogens is 1. The number of carbonyl (C=O) groups excluding carboxylic acids is 1. The van der Waals surface area contributed by atoms with Crippen LogP contribution < -0.4 is 16.0 Å². The number of nitrogen functional groups attached to an aromatic ring is 1. The minimum Gasteiger partial charge on any atom is -0.399 e. The highest BCUT2D eigenvalue weighted by Crippen LogP contribution is 2.34. The predicted octanol–water partition coefficient (Wildman–Crippen LogP) is 1.59. The van der Waals surface area contributed by atoms with Gasteiger partial charge in [0.2, 0.25) is 5.91 Å². The number of nitrogens with zero attached hydrogens (tertiary/aromatic N) is 2. The molecule has 1 atom stereocenters. The van der Waals surface area contributed by atoms with Crippen LogP contribution >= 0.6 is 11.3 Å². The molecule has 3 rings (SSSR count). The summed E-state index contributed by atoms with van der Waals surface area (Å²) in [5.74, 6) is 0.0660. The van der Waals surface area contributed by atoms with Crippen molar-refractivity contribution >= 4 is 38.3 Å². The zero-order valence-corrected chi connectivity index (χ0v) is 11.5. The number of hydrogen-bond donors (Lipinski definition) is 2. The monoisotopic (exact) mass is 276 g/mol. The lowest BCUT2D eigenvalue weighted by Crippen LogP contribution is -2.41. The highest BCUT2D eigenvalue weighted by Gasteiger charge is 2.31. The number of rotatable bonds is 2. The molecule has 5 nitrogen and oxygen atoms in total. The Morgan fingerprint density at radius 2 is 2.42 bits per heavy atom. The zero-order chi connectivity index (χ0) is 13.4. The summed E-state index contributed by atoms with van der Waals surface area (Å²) >= 11 is 1.60. The van der Waals surface area contributed by atoms with Gasteiger partial charge in [-0.2, -0.15) is 0 Å². The summed E-state index contributed by atoms with van der Waals surface area (Å²) in [6.07, 6.45) is 1.91. The number of amides is 1. The first-order valence-electron chi connectivity index (χ1n) is 6.33. The number of carbonyl (C=O) groups is 1. The Balaban J connectivity index is 1.97. The molecule has 3 N–H and O–H groups in total. The van der Waals surface area contributed by atoms with Crippen LogP contribution in [-0.4, -0.2) is 30.5 Å². The minimum absolute atomic E-state index is 0.0660. The maximum absolute atomic E-state index is 11.9. The first-order valence-corrected chi connectivity index (χ1v) is 7.15. The van der Waals surface area contributed by atoms with Crippen LogP contribution in [0.15, 0.2) is 18.2 Å². The smallest absolute Gasteiger partial charge is 0.242 e. The molecule has 0 saturated carbocycles. The third kappa shape index (κ3) is 2.12. The Morgan fingerprint density at radius 1 is 1.58 bits per heavy atom. The summed E-state index contributed by atoms with van der Waals surface area (Å²) < 4.78 is 1.07. The van der Waals surface area contributed by atoms with E-state index in [1.807, 2.05) is 18.2 Å². The molecule has 1 aliphatic rings.